The molecule has 1 aliphatic heterocycles. The van der Waals surface area contributed by atoms with Crippen molar-refractivity contribution >= 4 is 5.57 Å². The SMILES string of the molecule is CC1CC[C@H](Oc2ccc(C3=CCNCC3)cc2)C1. The van der Waals surface area contributed by atoms with Crippen LogP contribution < -0.4 is 10.1 Å². The molecule has 1 aromatic carbocycles. The number of nitrogens with one attached hydrogen (secondary N) is 1. The highest BCUT2D eigenvalue weighted by atomic mass is 16.5. The van der Waals surface area contributed by atoms with Gasteiger partial charge >= 0.3 is 0 Å². The first kappa shape index (κ1) is 12.7. The van der Waals surface area contributed by atoms with E-state index in [0.29, 0.717) is 6.10 Å². The van der Waals surface area contributed by atoms with Crippen LogP contribution >= 0.6 is 0 Å². The lowest BCUT2D eigenvalue weighted by atomic mass is 10.0. The largest absolute Gasteiger partial charge is 0.490 e. The summed E-state index contributed by atoms with van der Waals surface area (Å²) >= 11 is 0. The van der Waals surface area contributed by atoms with E-state index in [1.54, 1.807) is 0 Å². The van der Waals surface area contributed by atoms with Gasteiger partial charge in [0.1, 0.15) is 5.75 Å². The van der Waals surface area contributed by atoms with Crippen LogP contribution in [-0.4, -0.2) is 19.2 Å². The lowest BCUT2D eigenvalue weighted by molar-refractivity contribution is 0.205. The van der Waals surface area contributed by atoms with E-state index < -0.39 is 0 Å². The van der Waals surface area contributed by atoms with Crippen LogP contribution in [0.25, 0.3) is 5.57 Å². The van der Waals surface area contributed by atoms with Crippen LogP contribution in [0.1, 0.15) is 38.2 Å². The van der Waals surface area contributed by atoms with Gasteiger partial charge in [-0.3, -0.25) is 0 Å². The van der Waals surface area contributed by atoms with E-state index in [2.05, 4.69) is 42.6 Å². The third kappa shape index (κ3) is 3.19. The molecule has 1 unspecified atom stereocenters. The van der Waals surface area contributed by atoms with Crippen molar-refractivity contribution < 1.29 is 4.74 Å². The fraction of sp³-hybridized carbons (Fsp3) is 0.529. The summed E-state index contributed by atoms with van der Waals surface area (Å²) in [6, 6.07) is 8.65. The van der Waals surface area contributed by atoms with Crippen molar-refractivity contribution in [2.45, 2.75) is 38.7 Å². The van der Waals surface area contributed by atoms with Gasteiger partial charge in [0.15, 0.2) is 0 Å². The first-order valence-corrected chi connectivity index (χ1v) is 7.48. The van der Waals surface area contributed by atoms with E-state index >= 15 is 0 Å². The van der Waals surface area contributed by atoms with Gasteiger partial charge in [0.2, 0.25) is 0 Å². The molecule has 1 fully saturated rings. The van der Waals surface area contributed by atoms with E-state index in [-0.39, 0.29) is 0 Å². The molecule has 102 valence electrons. The Morgan fingerprint density at radius 2 is 2.00 bits per heavy atom. The lowest BCUT2D eigenvalue weighted by Crippen LogP contribution is -2.20. The lowest BCUT2D eigenvalue weighted by Gasteiger charge is -2.16. The molecule has 0 aromatic heterocycles. The summed E-state index contributed by atoms with van der Waals surface area (Å²) in [5.41, 5.74) is 2.80. The topological polar surface area (TPSA) is 21.3 Å². The van der Waals surface area contributed by atoms with Crippen molar-refractivity contribution in [3.05, 3.63) is 35.9 Å². The van der Waals surface area contributed by atoms with E-state index in [0.717, 1.165) is 31.2 Å². The van der Waals surface area contributed by atoms with E-state index in [4.69, 9.17) is 4.74 Å². The Morgan fingerprint density at radius 3 is 2.63 bits per heavy atom. The maximum absolute atomic E-state index is 6.06. The van der Waals surface area contributed by atoms with E-state index in [1.165, 1.54) is 30.4 Å². The van der Waals surface area contributed by atoms with Crippen LogP contribution in [0.4, 0.5) is 0 Å². The van der Waals surface area contributed by atoms with Crippen molar-refractivity contribution in [2.75, 3.05) is 13.1 Å². The molecule has 1 heterocycles. The van der Waals surface area contributed by atoms with Crippen LogP contribution in [0, 0.1) is 5.92 Å². The Bertz CT molecular complexity index is 449. The Morgan fingerprint density at radius 1 is 1.16 bits per heavy atom. The minimum atomic E-state index is 0.430. The minimum Gasteiger partial charge on any atom is -0.490 e. The van der Waals surface area contributed by atoms with Crippen molar-refractivity contribution in [1.82, 2.24) is 5.32 Å². The van der Waals surface area contributed by atoms with Gasteiger partial charge in [-0.15, -0.1) is 0 Å². The third-order valence-electron chi connectivity index (χ3n) is 4.24. The molecule has 0 saturated heterocycles. The number of hydrogen-bond acceptors (Lipinski definition) is 2. The maximum Gasteiger partial charge on any atom is 0.119 e. The Kier molecular flexibility index (Phi) is 3.88. The highest BCUT2D eigenvalue weighted by Gasteiger charge is 2.22. The quantitative estimate of drug-likeness (QED) is 0.892. The summed E-state index contributed by atoms with van der Waals surface area (Å²) in [6.45, 7) is 4.40. The molecule has 19 heavy (non-hydrogen) atoms. The monoisotopic (exact) mass is 257 g/mol. The number of ether oxygens (including phenoxy) is 1. The Hall–Kier alpha value is -1.28. The number of benzene rings is 1. The minimum absolute atomic E-state index is 0.430. The second kappa shape index (κ2) is 5.79. The van der Waals surface area contributed by atoms with Gasteiger partial charge in [-0.1, -0.05) is 25.1 Å². The highest BCUT2D eigenvalue weighted by Crippen LogP contribution is 2.29. The molecule has 1 aromatic rings. The molecule has 1 N–H and O–H groups in total. The molecule has 0 bridgehead atoms. The molecule has 2 heteroatoms. The molecule has 1 saturated carbocycles. The predicted molar refractivity (Wildman–Crippen MR) is 79.3 cm³/mol. The molecular formula is C17H23NO. The summed E-state index contributed by atoms with van der Waals surface area (Å²) in [7, 11) is 0. The van der Waals surface area contributed by atoms with E-state index in [1.807, 2.05) is 0 Å². The zero-order valence-corrected chi connectivity index (χ0v) is 11.7. The first-order valence-electron chi connectivity index (χ1n) is 7.48. The Labute approximate surface area is 115 Å². The average Bonchev–Trinajstić information content (AvgIpc) is 2.86. The van der Waals surface area contributed by atoms with Crippen LogP contribution in [0.5, 0.6) is 5.75 Å². The molecule has 0 radical (unpaired) electrons. The molecule has 2 nitrogen and oxygen atoms in total. The van der Waals surface area contributed by atoms with Crippen LogP contribution in [0.15, 0.2) is 30.3 Å². The van der Waals surface area contributed by atoms with Gasteiger partial charge in [-0.2, -0.15) is 0 Å². The smallest absolute Gasteiger partial charge is 0.119 e. The van der Waals surface area contributed by atoms with Gasteiger partial charge in [-0.25, -0.2) is 0 Å². The third-order valence-corrected chi connectivity index (χ3v) is 4.24. The summed E-state index contributed by atoms with van der Waals surface area (Å²) in [5, 5.41) is 3.35. The van der Waals surface area contributed by atoms with E-state index in [9.17, 15) is 0 Å². The van der Waals surface area contributed by atoms with Gasteiger partial charge < -0.3 is 10.1 Å². The summed E-state index contributed by atoms with van der Waals surface area (Å²) in [4.78, 5) is 0. The van der Waals surface area contributed by atoms with Crippen LogP contribution in [-0.2, 0) is 0 Å². The second-order valence-electron chi connectivity index (χ2n) is 5.87. The molecule has 2 atom stereocenters. The van der Waals surface area contributed by atoms with Gasteiger partial charge in [-0.05, 0) is 61.4 Å². The maximum atomic E-state index is 6.06. The fourth-order valence-electron chi connectivity index (χ4n) is 3.09. The van der Waals surface area contributed by atoms with Gasteiger partial charge in [0, 0.05) is 6.54 Å². The van der Waals surface area contributed by atoms with Gasteiger partial charge in [0.05, 0.1) is 6.10 Å². The molecule has 0 spiro atoms. The average molecular weight is 257 g/mol. The first-order chi connectivity index (χ1) is 9.31. The summed E-state index contributed by atoms with van der Waals surface area (Å²) in [5.74, 6) is 1.85. The Balaban J connectivity index is 1.64. The zero-order valence-electron chi connectivity index (χ0n) is 11.7. The molecule has 1 aliphatic carbocycles. The van der Waals surface area contributed by atoms with Crippen LogP contribution in [0.3, 0.4) is 0 Å². The highest BCUT2D eigenvalue weighted by molar-refractivity contribution is 5.67. The van der Waals surface area contributed by atoms with Crippen molar-refractivity contribution in [3.63, 3.8) is 0 Å². The fourth-order valence-corrected chi connectivity index (χ4v) is 3.09. The number of rotatable bonds is 3. The number of hydrogen-bond donors (Lipinski definition) is 1. The summed E-state index contributed by atoms with van der Waals surface area (Å²) in [6.07, 6.45) is 7.57. The molecule has 0 amide bonds. The van der Waals surface area contributed by atoms with Crippen molar-refractivity contribution in [2.24, 2.45) is 5.92 Å². The molecule has 2 aliphatic rings. The molecular weight excluding hydrogens is 234 g/mol. The van der Waals surface area contributed by atoms with Crippen molar-refractivity contribution in [3.8, 4) is 5.75 Å². The normalized spacial score (nSPS) is 27.1. The van der Waals surface area contributed by atoms with Crippen molar-refractivity contribution in [1.29, 1.82) is 0 Å². The standard InChI is InChI=1S/C17H23NO/c1-13-2-5-17(12-13)19-16-6-3-14(4-7-16)15-8-10-18-11-9-15/h3-4,6-8,13,17-18H,2,5,9-12H2,1H3/t13?,17-/m0/s1. The molecule has 3 rings (SSSR count). The predicted octanol–water partition coefficient (Wildman–Crippen LogP) is 3.63. The zero-order chi connectivity index (χ0) is 13.1. The summed E-state index contributed by atoms with van der Waals surface area (Å²) < 4.78 is 6.06. The second-order valence-corrected chi connectivity index (χ2v) is 5.87. The van der Waals surface area contributed by atoms with Crippen LogP contribution in [0.2, 0.25) is 0 Å². The van der Waals surface area contributed by atoms with Gasteiger partial charge in [0.25, 0.3) is 0 Å².